The van der Waals surface area contributed by atoms with E-state index in [0.29, 0.717) is 19.5 Å². The van der Waals surface area contributed by atoms with Crippen LogP contribution in [0, 0.1) is 0 Å². The molecule has 0 aromatic carbocycles. The van der Waals surface area contributed by atoms with Crippen LogP contribution in [-0.2, 0) is 6.18 Å². The van der Waals surface area contributed by atoms with Crippen LogP contribution in [0.15, 0.2) is 12.1 Å². The molecule has 0 amide bonds. The predicted octanol–water partition coefficient (Wildman–Crippen LogP) is 3.11. The highest BCUT2D eigenvalue weighted by molar-refractivity contribution is 5.49. The summed E-state index contributed by atoms with van der Waals surface area (Å²) in [5.74, 6) is 0.348. The Morgan fingerprint density at radius 3 is 2.20 bits per heavy atom. The summed E-state index contributed by atoms with van der Waals surface area (Å²) in [6.07, 6.45) is -3.68. The molecule has 1 aromatic rings. The van der Waals surface area contributed by atoms with Gasteiger partial charge in [0.15, 0.2) is 0 Å². The fourth-order valence-corrected chi connectivity index (χ4v) is 1.54. The molecule has 4 nitrogen and oxygen atoms in total. The number of aromatic nitrogens is 1. The van der Waals surface area contributed by atoms with E-state index in [2.05, 4.69) is 15.6 Å². The molecule has 3 N–H and O–H groups in total. The standard InChI is InChI=1S/C13H20F3N3O/c1-3-5-17-11-7-10(13(14,15)16)8-12(19-11)18-6-4-9(2)20/h7-9,20H,3-6H2,1-2H3,(H2,17,18,19). The fourth-order valence-electron chi connectivity index (χ4n) is 1.54. The van der Waals surface area contributed by atoms with Crippen molar-refractivity contribution in [2.24, 2.45) is 0 Å². The van der Waals surface area contributed by atoms with E-state index < -0.39 is 17.8 Å². The molecule has 1 aromatic heterocycles. The first-order chi connectivity index (χ1) is 9.32. The normalized spacial score (nSPS) is 13.1. The maximum atomic E-state index is 12.8. The van der Waals surface area contributed by atoms with Crippen LogP contribution in [0.4, 0.5) is 24.8 Å². The molecule has 0 saturated carbocycles. The number of rotatable bonds is 7. The Hall–Kier alpha value is -1.50. The summed E-state index contributed by atoms with van der Waals surface area (Å²) in [5.41, 5.74) is -0.745. The summed E-state index contributed by atoms with van der Waals surface area (Å²) in [6, 6.07) is 1.97. The lowest BCUT2D eigenvalue weighted by Gasteiger charge is -2.14. The Labute approximate surface area is 116 Å². The molecule has 20 heavy (non-hydrogen) atoms. The zero-order valence-electron chi connectivity index (χ0n) is 11.6. The van der Waals surface area contributed by atoms with E-state index in [1.54, 1.807) is 6.92 Å². The van der Waals surface area contributed by atoms with Gasteiger partial charge in [0.2, 0.25) is 0 Å². The van der Waals surface area contributed by atoms with Crippen molar-refractivity contribution in [3.05, 3.63) is 17.7 Å². The van der Waals surface area contributed by atoms with Gasteiger partial charge in [-0.05, 0) is 31.9 Å². The number of pyridine rings is 1. The van der Waals surface area contributed by atoms with Crippen LogP contribution in [0.1, 0.15) is 32.3 Å². The fraction of sp³-hybridized carbons (Fsp3) is 0.615. The van der Waals surface area contributed by atoms with Crippen LogP contribution in [0.2, 0.25) is 0 Å². The van der Waals surface area contributed by atoms with Crippen LogP contribution in [0.25, 0.3) is 0 Å². The molecule has 1 atom stereocenters. The molecule has 0 radical (unpaired) electrons. The average molecular weight is 291 g/mol. The van der Waals surface area contributed by atoms with Crippen molar-refractivity contribution in [2.75, 3.05) is 23.7 Å². The summed E-state index contributed by atoms with van der Waals surface area (Å²) in [7, 11) is 0. The first kappa shape index (κ1) is 16.6. The molecular weight excluding hydrogens is 271 g/mol. The lowest BCUT2D eigenvalue weighted by molar-refractivity contribution is -0.137. The smallest absolute Gasteiger partial charge is 0.393 e. The first-order valence-electron chi connectivity index (χ1n) is 6.58. The molecule has 7 heteroatoms. The molecule has 0 bridgehead atoms. The number of nitrogens with one attached hydrogen (secondary N) is 2. The number of nitrogens with zero attached hydrogens (tertiary/aromatic N) is 1. The van der Waals surface area contributed by atoms with Crippen LogP contribution in [0.3, 0.4) is 0 Å². The summed E-state index contributed by atoms with van der Waals surface area (Å²) < 4.78 is 38.4. The van der Waals surface area contributed by atoms with Crippen molar-refractivity contribution in [1.29, 1.82) is 0 Å². The zero-order chi connectivity index (χ0) is 15.2. The molecule has 1 heterocycles. The van der Waals surface area contributed by atoms with E-state index in [1.165, 1.54) is 0 Å². The Morgan fingerprint density at radius 2 is 1.75 bits per heavy atom. The Morgan fingerprint density at radius 1 is 1.20 bits per heavy atom. The topological polar surface area (TPSA) is 57.2 Å². The number of alkyl halides is 3. The second-order valence-electron chi connectivity index (χ2n) is 4.62. The SMILES string of the molecule is CCCNc1cc(C(F)(F)F)cc(NCCC(C)O)n1. The van der Waals surface area contributed by atoms with Crippen molar-refractivity contribution in [3.63, 3.8) is 0 Å². The lowest BCUT2D eigenvalue weighted by Crippen LogP contribution is -2.14. The second-order valence-corrected chi connectivity index (χ2v) is 4.62. The molecular formula is C13H20F3N3O. The van der Waals surface area contributed by atoms with Gasteiger partial charge in [-0.3, -0.25) is 0 Å². The van der Waals surface area contributed by atoms with Gasteiger partial charge in [0.1, 0.15) is 11.6 Å². The third-order valence-electron chi connectivity index (χ3n) is 2.58. The molecule has 1 unspecified atom stereocenters. The van der Waals surface area contributed by atoms with Crippen LogP contribution < -0.4 is 10.6 Å². The second kappa shape index (κ2) is 7.33. The van der Waals surface area contributed by atoms with Gasteiger partial charge < -0.3 is 15.7 Å². The summed E-state index contributed by atoms with van der Waals surface area (Å²) in [6.45, 7) is 4.46. The molecule has 1 rings (SSSR count). The maximum absolute atomic E-state index is 12.8. The van der Waals surface area contributed by atoms with Gasteiger partial charge in [-0.15, -0.1) is 0 Å². The predicted molar refractivity (Wildman–Crippen MR) is 72.8 cm³/mol. The van der Waals surface area contributed by atoms with E-state index in [-0.39, 0.29) is 11.6 Å². The third-order valence-corrected chi connectivity index (χ3v) is 2.58. The van der Waals surface area contributed by atoms with Crippen molar-refractivity contribution < 1.29 is 18.3 Å². The Kier molecular flexibility index (Phi) is 6.06. The van der Waals surface area contributed by atoms with Crippen LogP contribution in [0.5, 0.6) is 0 Å². The summed E-state index contributed by atoms with van der Waals surface area (Å²) >= 11 is 0. The van der Waals surface area contributed by atoms with E-state index in [0.717, 1.165) is 18.6 Å². The monoisotopic (exact) mass is 291 g/mol. The third kappa shape index (κ3) is 5.64. The molecule has 0 aliphatic rings. The number of halogens is 3. The summed E-state index contributed by atoms with van der Waals surface area (Å²) in [5, 5.41) is 14.8. The number of hydrogen-bond donors (Lipinski definition) is 3. The van der Waals surface area contributed by atoms with Gasteiger partial charge in [0, 0.05) is 13.1 Å². The molecule has 0 saturated heterocycles. The van der Waals surface area contributed by atoms with E-state index in [9.17, 15) is 13.2 Å². The van der Waals surface area contributed by atoms with Gasteiger partial charge in [-0.1, -0.05) is 6.92 Å². The molecule has 114 valence electrons. The van der Waals surface area contributed by atoms with Crippen LogP contribution >= 0.6 is 0 Å². The van der Waals surface area contributed by atoms with Crippen molar-refractivity contribution >= 4 is 11.6 Å². The van der Waals surface area contributed by atoms with Crippen molar-refractivity contribution in [1.82, 2.24) is 4.98 Å². The van der Waals surface area contributed by atoms with E-state index in [1.807, 2.05) is 6.92 Å². The van der Waals surface area contributed by atoms with Gasteiger partial charge in [-0.2, -0.15) is 13.2 Å². The Bertz CT molecular complexity index is 422. The highest BCUT2D eigenvalue weighted by atomic mass is 19.4. The molecule has 0 aliphatic carbocycles. The quantitative estimate of drug-likeness (QED) is 0.722. The molecule has 0 fully saturated rings. The zero-order valence-corrected chi connectivity index (χ0v) is 11.6. The highest BCUT2D eigenvalue weighted by Crippen LogP contribution is 2.32. The average Bonchev–Trinajstić information content (AvgIpc) is 2.34. The van der Waals surface area contributed by atoms with Gasteiger partial charge in [0.05, 0.1) is 11.7 Å². The summed E-state index contributed by atoms with van der Waals surface area (Å²) in [4.78, 5) is 4.08. The van der Waals surface area contributed by atoms with Crippen LogP contribution in [-0.4, -0.2) is 29.3 Å². The maximum Gasteiger partial charge on any atom is 0.416 e. The number of aliphatic hydroxyl groups excluding tert-OH is 1. The molecule has 0 spiro atoms. The van der Waals surface area contributed by atoms with Crippen molar-refractivity contribution in [2.45, 2.75) is 39.0 Å². The first-order valence-corrected chi connectivity index (χ1v) is 6.58. The van der Waals surface area contributed by atoms with Crippen molar-refractivity contribution in [3.8, 4) is 0 Å². The highest BCUT2D eigenvalue weighted by Gasteiger charge is 2.31. The minimum atomic E-state index is -4.41. The Balaban J connectivity index is 2.86. The number of hydrogen-bond acceptors (Lipinski definition) is 4. The largest absolute Gasteiger partial charge is 0.416 e. The molecule has 0 aliphatic heterocycles. The van der Waals surface area contributed by atoms with Gasteiger partial charge in [-0.25, -0.2) is 4.98 Å². The van der Waals surface area contributed by atoms with Gasteiger partial charge in [0.25, 0.3) is 0 Å². The van der Waals surface area contributed by atoms with E-state index >= 15 is 0 Å². The van der Waals surface area contributed by atoms with Gasteiger partial charge >= 0.3 is 6.18 Å². The minimum Gasteiger partial charge on any atom is -0.393 e. The number of anilines is 2. The lowest BCUT2D eigenvalue weighted by atomic mass is 10.2. The number of aliphatic hydroxyl groups is 1. The minimum absolute atomic E-state index is 0.152. The van der Waals surface area contributed by atoms with E-state index in [4.69, 9.17) is 5.11 Å².